The van der Waals surface area contributed by atoms with Gasteiger partial charge in [0, 0.05) is 22.9 Å². The van der Waals surface area contributed by atoms with E-state index in [1.165, 1.54) is 38.4 Å². The lowest BCUT2D eigenvalue weighted by Crippen LogP contribution is -3.00. The number of benzene rings is 5. The summed E-state index contributed by atoms with van der Waals surface area (Å²) in [5.41, 5.74) is 7.16. The molecule has 1 heterocycles. The molecule has 1 aromatic heterocycles. The van der Waals surface area contributed by atoms with Gasteiger partial charge in [0.1, 0.15) is 0 Å². The molecule has 0 saturated heterocycles. The topological polar surface area (TPSA) is 37.2 Å². The molecular formula is C35H32ClN2O-. The molecule has 6 rings (SSSR count). The van der Waals surface area contributed by atoms with Crippen molar-refractivity contribution >= 4 is 21.7 Å². The van der Waals surface area contributed by atoms with Gasteiger partial charge in [-0.2, -0.15) is 0 Å². The minimum Gasteiger partial charge on any atom is -1.00 e. The molecule has 0 spiro atoms. The van der Waals surface area contributed by atoms with Crippen LogP contribution in [0.25, 0.3) is 44.1 Å². The third kappa shape index (κ3) is 5.62. The van der Waals surface area contributed by atoms with Crippen LogP contribution in [0.15, 0.2) is 127 Å². The highest BCUT2D eigenvalue weighted by molar-refractivity contribution is 6.15. The summed E-state index contributed by atoms with van der Waals surface area (Å²) in [6.45, 7) is 1.86. The number of aromatic nitrogens is 1. The zero-order valence-electron chi connectivity index (χ0n) is 21.8. The molecule has 0 saturated carbocycles. The second-order valence-electron chi connectivity index (χ2n) is 9.84. The fourth-order valence-electron chi connectivity index (χ4n) is 5.52. The number of aliphatic hydroxyl groups is 1. The van der Waals surface area contributed by atoms with E-state index < -0.39 is 6.10 Å². The summed E-state index contributed by atoms with van der Waals surface area (Å²) >= 11 is 0. The number of rotatable bonds is 9. The first-order valence-electron chi connectivity index (χ1n) is 13.4. The zero-order chi connectivity index (χ0) is 25.7. The highest BCUT2D eigenvalue weighted by Gasteiger charge is 2.23. The van der Waals surface area contributed by atoms with Crippen molar-refractivity contribution in [1.29, 1.82) is 0 Å². The van der Waals surface area contributed by atoms with Crippen LogP contribution in [0.3, 0.4) is 0 Å². The molecule has 0 amide bonds. The Kier molecular flexibility index (Phi) is 8.43. The van der Waals surface area contributed by atoms with E-state index in [1.54, 1.807) is 0 Å². The summed E-state index contributed by atoms with van der Waals surface area (Å²) in [5, 5.41) is 18.4. The number of hydrogen-bond donors (Lipinski definition) is 2. The van der Waals surface area contributed by atoms with Crippen LogP contribution >= 0.6 is 0 Å². The van der Waals surface area contributed by atoms with Gasteiger partial charge in [-0.05, 0) is 35.0 Å². The normalized spacial score (nSPS) is 11.9. The summed E-state index contributed by atoms with van der Waals surface area (Å²) < 4.78 is 2.35. The molecule has 0 aliphatic rings. The zero-order valence-corrected chi connectivity index (χ0v) is 22.6. The summed E-state index contributed by atoms with van der Waals surface area (Å²) in [4.78, 5) is 0. The number of halogens is 1. The Morgan fingerprint density at radius 1 is 0.641 bits per heavy atom. The molecule has 0 aliphatic heterocycles. The monoisotopic (exact) mass is 531 g/mol. The summed E-state index contributed by atoms with van der Waals surface area (Å²) in [7, 11) is 0. The Bertz CT molecular complexity index is 1650. The van der Waals surface area contributed by atoms with Crippen molar-refractivity contribution < 1.29 is 17.5 Å². The van der Waals surface area contributed by atoms with Gasteiger partial charge in [0.2, 0.25) is 0 Å². The van der Waals surface area contributed by atoms with E-state index in [-0.39, 0.29) is 12.4 Å². The van der Waals surface area contributed by atoms with Crippen LogP contribution in [0.4, 0.5) is 0 Å². The van der Waals surface area contributed by atoms with Crippen LogP contribution in [0, 0.1) is 0 Å². The standard InChI is InChI=1S/C35H32N2O.ClH/c38-30(24-36-23-22-26-12-4-1-5-13-26)25-37-34(29-17-8-3-9-18-29)33(28-15-6-2-7-16-28)32-21-20-27-14-10-11-19-31(27)35(32)37;/h1-21,30,36,38H,22-25H2;1H/p-1. The average Bonchev–Trinajstić information content (AvgIpc) is 3.31. The van der Waals surface area contributed by atoms with Gasteiger partial charge in [-0.3, -0.25) is 0 Å². The van der Waals surface area contributed by atoms with Crippen molar-refractivity contribution in [1.82, 2.24) is 9.88 Å². The molecular weight excluding hydrogens is 500 g/mol. The third-order valence-corrected chi connectivity index (χ3v) is 7.26. The molecule has 3 nitrogen and oxygen atoms in total. The van der Waals surface area contributed by atoms with Gasteiger partial charge in [-0.15, -0.1) is 0 Å². The average molecular weight is 532 g/mol. The van der Waals surface area contributed by atoms with E-state index in [4.69, 9.17) is 0 Å². The third-order valence-electron chi connectivity index (χ3n) is 7.26. The van der Waals surface area contributed by atoms with Crippen molar-refractivity contribution in [3.8, 4) is 22.4 Å². The molecule has 2 N–H and O–H groups in total. The maximum Gasteiger partial charge on any atom is 0.0843 e. The summed E-state index contributed by atoms with van der Waals surface area (Å²) in [5.74, 6) is 0. The smallest absolute Gasteiger partial charge is 0.0843 e. The Hall–Kier alpha value is -3.89. The van der Waals surface area contributed by atoms with Gasteiger partial charge < -0.3 is 27.4 Å². The molecule has 1 unspecified atom stereocenters. The molecule has 39 heavy (non-hydrogen) atoms. The highest BCUT2D eigenvalue weighted by atomic mass is 35.5. The van der Waals surface area contributed by atoms with E-state index in [9.17, 15) is 5.11 Å². The second-order valence-corrected chi connectivity index (χ2v) is 9.84. The number of aliphatic hydroxyl groups excluding tert-OH is 1. The van der Waals surface area contributed by atoms with Gasteiger partial charge in [0.25, 0.3) is 0 Å². The minimum atomic E-state index is -0.536. The number of nitrogens with zero attached hydrogens (tertiary/aromatic N) is 1. The van der Waals surface area contributed by atoms with E-state index in [0.717, 1.165) is 24.2 Å². The maximum atomic E-state index is 11.3. The first-order valence-corrected chi connectivity index (χ1v) is 13.4. The molecule has 0 radical (unpaired) electrons. The van der Waals surface area contributed by atoms with Crippen molar-refractivity contribution in [2.75, 3.05) is 13.1 Å². The van der Waals surface area contributed by atoms with Crippen LogP contribution in [0.5, 0.6) is 0 Å². The van der Waals surface area contributed by atoms with Crippen molar-refractivity contribution in [2.24, 2.45) is 0 Å². The number of nitrogens with one attached hydrogen (secondary N) is 1. The second kappa shape index (κ2) is 12.3. The van der Waals surface area contributed by atoms with Gasteiger partial charge in [0.15, 0.2) is 0 Å². The lowest BCUT2D eigenvalue weighted by atomic mass is 9.97. The number of fused-ring (bicyclic) bond motifs is 3. The first kappa shape index (κ1) is 26.7. The quantitative estimate of drug-likeness (QED) is 0.273. The SMILES string of the molecule is OC(CNCCc1ccccc1)Cn1c(-c2ccccc2)c(-c2ccccc2)c2ccc3ccccc3c21.[Cl-]. The lowest BCUT2D eigenvalue weighted by molar-refractivity contribution is -0.00000939. The van der Waals surface area contributed by atoms with Crippen molar-refractivity contribution in [3.63, 3.8) is 0 Å². The van der Waals surface area contributed by atoms with Crippen molar-refractivity contribution in [2.45, 2.75) is 19.1 Å². The largest absolute Gasteiger partial charge is 1.00 e. The molecule has 196 valence electrons. The summed E-state index contributed by atoms with van der Waals surface area (Å²) in [6, 6.07) is 44.7. The Morgan fingerprint density at radius 3 is 1.97 bits per heavy atom. The Morgan fingerprint density at radius 2 is 1.26 bits per heavy atom. The minimum absolute atomic E-state index is 0. The molecule has 0 fully saturated rings. The fraction of sp³-hybridized carbons (Fsp3) is 0.143. The van der Waals surface area contributed by atoms with Crippen molar-refractivity contribution in [3.05, 3.63) is 133 Å². The summed E-state index contributed by atoms with van der Waals surface area (Å²) in [6.07, 6.45) is 0.407. The van der Waals surface area contributed by atoms with E-state index in [1.807, 2.05) is 6.07 Å². The van der Waals surface area contributed by atoms with Crippen LogP contribution in [0.2, 0.25) is 0 Å². The van der Waals surface area contributed by atoms with E-state index in [0.29, 0.717) is 13.1 Å². The van der Waals surface area contributed by atoms with Crippen LogP contribution in [0.1, 0.15) is 5.56 Å². The van der Waals surface area contributed by atoms with Gasteiger partial charge >= 0.3 is 0 Å². The maximum absolute atomic E-state index is 11.3. The predicted octanol–water partition coefficient (Wildman–Crippen LogP) is 4.33. The molecule has 6 aromatic rings. The number of hydrogen-bond acceptors (Lipinski definition) is 2. The molecule has 1 atom stereocenters. The van der Waals surface area contributed by atoms with Crippen LogP contribution < -0.4 is 17.7 Å². The first-order chi connectivity index (χ1) is 18.8. The van der Waals surface area contributed by atoms with Crippen LogP contribution in [-0.2, 0) is 13.0 Å². The highest BCUT2D eigenvalue weighted by Crippen LogP contribution is 2.43. The Balaban J connectivity index is 0.00000308. The van der Waals surface area contributed by atoms with Crippen LogP contribution in [-0.4, -0.2) is 28.9 Å². The van der Waals surface area contributed by atoms with Gasteiger partial charge in [-0.1, -0.05) is 127 Å². The molecule has 0 aliphatic carbocycles. The van der Waals surface area contributed by atoms with Gasteiger partial charge in [-0.25, -0.2) is 0 Å². The molecule has 0 bridgehead atoms. The van der Waals surface area contributed by atoms with E-state index in [2.05, 4.69) is 131 Å². The van der Waals surface area contributed by atoms with E-state index >= 15 is 0 Å². The Labute approximate surface area is 236 Å². The molecule has 4 heteroatoms. The predicted molar refractivity (Wildman–Crippen MR) is 159 cm³/mol. The van der Waals surface area contributed by atoms with Gasteiger partial charge in [0.05, 0.1) is 23.9 Å². The molecule has 5 aromatic carbocycles. The fourth-order valence-corrected chi connectivity index (χ4v) is 5.52. The lowest BCUT2D eigenvalue weighted by Gasteiger charge is -2.18.